The summed E-state index contributed by atoms with van der Waals surface area (Å²) in [5.41, 5.74) is 5.45. The van der Waals surface area contributed by atoms with Gasteiger partial charge in [-0.3, -0.25) is 4.79 Å². The Morgan fingerprint density at radius 2 is 1.84 bits per heavy atom. The van der Waals surface area contributed by atoms with E-state index in [-0.39, 0.29) is 18.9 Å². The number of hydrogen-bond acceptors (Lipinski definition) is 5. The number of nitrogens with two attached hydrogens (primary N) is 1. The smallest absolute Gasteiger partial charge is 0.225 e. The lowest BCUT2D eigenvalue weighted by Crippen LogP contribution is -2.41. The van der Waals surface area contributed by atoms with E-state index in [1.54, 1.807) is 0 Å². The van der Waals surface area contributed by atoms with Crippen LogP contribution in [0.5, 0.6) is 0 Å². The summed E-state index contributed by atoms with van der Waals surface area (Å²) < 4.78 is 5.45. The fourth-order valence-electron chi connectivity index (χ4n) is 2.75. The molecule has 2 fully saturated rings. The van der Waals surface area contributed by atoms with E-state index < -0.39 is 24.4 Å². The number of amides is 1. The van der Waals surface area contributed by atoms with Gasteiger partial charge < -0.3 is 25.6 Å². The number of carbonyl (C=O) groups is 1. The summed E-state index contributed by atoms with van der Waals surface area (Å²) >= 11 is 0. The first kappa shape index (κ1) is 14.7. The van der Waals surface area contributed by atoms with Crippen LogP contribution in [0.25, 0.3) is 0 Å². The summed E-state index contributed by atoms with van der Waals surface area (Å²) in [6.07, 6.45) is -1.08. The Bertz CT molecular complexity index is 318. The molecule has 0 radical (unpaired) electrons. The first-order chi connectivity index (χ1) is 9.02. The first-order valence-electron chi connectivity index (χ1n) is 7.02. The van der Waals surface area contributed by atoms with E-state index in [2.05, 4.69) is 6.92 Å². The van der Waals surface area contributed by atoms with Gasteiger partial charge in [-0.05, 0) is 18.8 Å². The van der Waals surface area contributed by atoms with Crippen LogP contribution < -0.4 is 5.73 Å². The van der Waals surface area contributed by atoms with Crippen molar-refractivity contribution in [1.29, 1.82) is 0 Å². The fourth-order valence-corrected chi connectivity index (χ4v) is 2.75. The normalized spacial score (nSPS) is 36.7. The van der Waals surface area contributed by atoms with Crippen LogP contribution in [-0.2, 0) is 9.53 Å². The van der Waals surface area contributed by atoms with Gasteiger partial charge in [0.05, 0.1) is 18.6 Å². The molecular weight excluding hydrogens is 248 g/mol. The molecule has 0 saturated carbocycles. The number of piperidine rings is 1. The minimum atomic E-state index is -1.03. The number of hydrogen-bond donors (Lipinski definition) is 3. The zero-order valence-electron chi connectivity index (χ0n) is 11.4. The molecule has 6 nitrogen and oxygen atoms in total. The summed E-state index contributed by atoms with van der Waals surface area (Å²) in [6.45, 7) is 3.87. The van der Waals surface area contributed by atoms with Crippen molar-refractivity contribution in [2.75, 3.05) is 19.6 Å². The quantitative estimate of drug-likeness (QED) is 0.618. The Labute approximate surface area is 113 Å². The third-order valence-electron chi connectivity index (χ3n) is 4.21. The third-order valence-corrected chi connectivity index (χ3v) is 4.21. The highest BCUT2D eigenvalue weighted by atomic mass is 16.5. The molecule has 2 saturated heterocycles. The number of nitrogens with zero attached hydrogens (tertiary/aromatic N) is 1. The van der Waals surface area contributed by atoms with Gasteiger partial charge in [-0.15, -0.1) is 0 Å². The second-order valence-corrected chi connectivity index (χ2v) is 5.70. The topological polar surface area (TPSA) is 96.0 Å². The molecule has 0 aromatic heterocycles. The van der Waals surface area contributed by atoms with Gasteiger partial charge in [0, 0.05) is 19.6 Å². The van der Waals surface area contributed by atoms with Gasteiger partial charge >= 0.3 is 0 Å². The molecule has 2 aliphatic heterocycles. The van der Waals surface area contributed by atoms with Crippen LogP contribution in [0.3, 0.4) is 0 Å². The van der Waals surface area contributed by atoms with Crippen LogP contribution in [0, 0.1) is 5.92 Å². The fraction of sp³-hybridized carbons (Fsp3) is 0.923. The van der Waals surface area contributed by atoms with Gasteiger partial charge in [0.1, 0.15) is 12.2 Å². The van der Waals surface area contributed by atoms with Gasteiger partial charge in [-0.25, -0.2) is 0 Å². The molecule has 6 heteroatoms. The van der Waals surface area contributed by atoms with Crippen molar-refractivity contribution >= 4 is 5.91 Å². The molecule has 1 amide bonds. The Morgan fingerprint density at radius 3 is 2.37 bits per heavy atom. The Balaban J connectivity index is 1.85. The lowest BCUT2D eigenvalue weighted by atomic mass is 9.98. The van der Waals surface area contributed by atoms with Crippen molar-refractivity contribution in [3.8, 4) is 0 Å². The van der Waals surface area contributed by atoms with E-state index in [0.717, 1.165) is 25.9 Å². The Kier molecular flexibility index (Phi) is 4.78. The van der Waals surface area contributed by atoms with E-state index >= 15 is 0 Å². The molecule has 0 aromatic rings. The van der Waals surface area contributed by atoms with E-state index in [0.29, 0.717) is 5.92 Å². The van der Waals surface area contributed by atoms with Crippen LogP contribution in [0.15, 0.2) is 0 Å². The number of rotatable bonds is 3. The van der Waals surface area contributed by atoms with E-state index in [4.69, 9.17) is 10.5 Å². The molecule has 2 heterocycles. The lowest BCUT2D eigenvalue weighted by Gasteiger charge is -2.31. The van der Waals surface area contributed by atoms with E-state index in [1.165, 1.54) is 0 Å². The van der Waals surface area contributed by atoms with Gasteiger partial charge in [-0.2, -0.15) is 0 Å². The molecule has 2 rings (SSSR count). The second kappa shape index (κ2) is 6.17. The van der Waals surface area contributed by atoms with Crippen LogP contribution in [0.4, 0.5) is 0 Å². The lowest BCUT2D eigenvalue weighted by molar-refractivity contribution is -0.136. The summed E-state index contributed by atoms with van der Waals surface area (Å²) in [7, 11) is 0. The largest absolute Gasteiger partial charge is 0.388 e. The molecule has 0 aromatic carbocycles. The average molecular weight is 272 g/mol. The standard InChI is InChI=1S/C13H24N2O4/c1-8-2-4-15(5-3-8)11(16)6-9-12(17)13(18)10(7-14)19-9/h8-10,12-13,17-18H,2-7,14H2,1H3. The van der Waals surface area contributed by atoms with Crippen LogP contribution in [-0.4, -0.2) is 65.1 Å². The zero-order chi connectivity index (χ0) is 14.0. The highest BCUT2D eigenvalue weighted by Crippen LogP contribution is 2.24. The van der Waals surface area contributed by atoms with Gasteiger partial charge in [-0.1, -0.05) is 6.92 Å². The van der Waals surface area contributed by atoms with Crippen molar-refractivity contribution in [3.05, 3.63) is 0 Å². The van der Waals surface area contributed by atoms with Crippen LogP contribution in [0.2, 0.25) is 0 Å². The molecule has 110 valence electrons. The predicted octanol–water partition coefficient (Wildman–Crippen LogP) is -0.917. The molecule has 0 aliphatic carbocycles. The number of likely N-dealkylation sites (tertiary alicyclic amines) is 1. The molecule has 2 aliphatic rings. The monoisotopic (exact) mass is 272 g/mol. The maximum Gasteiger partial charge on any atom is 0.225 e. The molecule has 0 bridgehead atoms. The second-order valence-electron chi connectivity index (χ2n) is 5.70. The van der Waals surface area contributed by atoms with Gasteiger partial charge in [0.2, 0.25) is 5.91 Å². The zero-order valence-corrected chi connectivity index (χ0v) is 11.4. The van der Waals surface area contributed by atoms with Crippen molar-refractivity contribution in [1.82, 2.24) is 4.90 Å². The summed E-state index contributed by atoms with van der Waals surface area (Å²) in [5.74, 6) is 0.654. The highest BCUT2D eigenvalue weighted by molar-refractivity contribution is 5.77. The van der Waals surface area contributed by atoms with Crippen molar-refractivity contribution in [2.24, 2.45) is 11.7 Å². The predicted molar refractivity (Wildman–Crippen MR) is 69.3 cm³/mol. The average Bonchev–Trinajstić information content (AvgIpc) is 2.67. The number of ether oxygens (including phenoxy) is 1. The number of aliphatic hydroxyl groups is 2. The molecule has 19 heavy (non-hydrogen) atoms. The van der Waals surface area contributed by atoms with E-state index in [9.17, 15) is 15.0 Å². The molecule has 4 unspecified atom stereocenters. The van der Waals surface area contributed by atoms with Crippen molar-refractivity contribution < 1.29 is 19.7 Å². The maximum atomic E-state index is 12.1. The van der Waals surface area contributed by atoms with Crippen LogP contribution in [0.1, 0.15) is 26.2 Å². The summed E-state index contributed by atoms with van der Waals surface area (Å²) in [6, 6.07) is 0. The number of aliphatic hydroxyl groups excluding tert-OH is 2. The molecule has 4 N–H and O–H groups in total. The molecule has 4 atom stereocenters. The third kappa shape index (κ3) is 3.25. The summed E-state index contributed by atoms with van der Waals surface area (Å²) in [4.78, 5) is 13.9. The SMILES string of the molecule is CC1CCN(C(=O)CC2OC(CN)C(O)C2O)CC1. The number of carbonyl (C=O) groups excluding carboxylic acids is 1. The summed E-state index contributed by atoms with van der Waals surface area (Å²) in [5, 5.41) is 19.6. The van der Waals surface area contributed by atoms with Crippen molar-refractivity contribution in [2.45, 2.75) is 50.6 Å². The molecular formula is C13H24N2O4. The minimum absolute atomic E-state index is 0.0131. The molecule has 0 spiro atoms. The highest BCUT2D eigenvalue weighted by Gasteiger charge is 2.43. The van der Waals surface area contributed by atoms with Gasteiger partial charge in [0.25, 0.3) is 0 Å². The van der Waals surface area contributed by atoms with Gasteiger partial charge in [0.15, 0.2) is 0 Å². The van der Waals surface area contributed by atoms with Crippen molar-refractivity contribution in [3.63, 3.8) is 0 Å². The Hall–Kier alpha value is -0.690. The van der Waals surface area contributed by atoms with E-state index in [1.807, 2.05) is 4.90 Å². The minimum Gasteiger partial charge on any atom is -0.388 e. The Morgan fingerprint density at radius 1 is 1.26 bits per heavy atom. The van der Waals surface area contributed by atoms with Crippen LogP contribution >= 0.6 is 0 Å². The maximum absolute atomic E-state index is 12.1. The first-order valence-corrected chi connectivity index (χ1v) is 7.02.